The monoisotopic (exact) mass is 210 g/mol. The summed E-state index contributed by atoms with van der Waals surface area (Å²) in [5.74, 6) is 1.17. The summed E-state index contributed by atoms with van der Waals surface area (Å²) in [6.07, 6.45) is 5.86. The molecule has 3 heteroatoms. The quantitative estimate of drug-likeness (QED) is 0.721. The van der Waals surface area contributed by atoms with Gasteiger partial charge in [-0.1, -0.05) is 13.3 Å². The minimum Gasteiger partial charge on any atom is -0.352 e. The number of hydrogen-bond donors (Lipinski definition) is 2. The molecule has 0 aromatic carbocycles. The molecule has 1 aliphatic heterocycles. The van der Waals surface area contributed by atoms with Crippen molar-refractivity contribution >= 4 is 5.91 Å². The molecular weight excluding hydrogens is 188 g/mol. The van der Waals surface area contributed by atoms with Gasteiger partial charge in [0, 0.05) is 18.5 Å². The lowest BCUT2D eigenvalue weighted by atomic mass is 9.96. The zero-order valence-electron chi connectivity index (χ0n) is 9.59. The van der Waals surface area contributed by atoms with Crippen molar-refractivity contribution < 1.29 is 4.79 Å². The van der Waals surface area contributed by atoms with E-state index in [2.05, 4.69) is 17.6 Å². The summed E-state index contributed by atoms with van der Waals surface area (Å²) < 4.78 is 0. The molecule has 2 fully saturated rings. The molecule has 2 unspecified atom stereocenters. The van der Waals surface area contributed by atoms with Gasteiger partial charge in [-0.15, -0.1) is 0 Å². The predicted octanol–water partition coefficient (Wildman–Crippen LogP) is 1.29. The van der Waals surface area contributed by atoms with Crippen LogP contribution in [-0.4, -0.2) is 25.0 Å². The van der Waals surface area contributed by atoms with Crippen LogP contribution in [0, 0.1) is 11.8 Å². The van der Waals surface area contributed by atoms with Crippen LogP contribution >= 0.6 is 0 Å². The summed E-state index contributed by atoms with van der Waals surface area (Å²) in [5.41, 5.74) is 0. The van der Waals surface area contributed by atoms with Crippen molar-refractivity contribution in [2.75, 3.05) is 13.1 Å². The Labute approximate surface area is 92.0 Å². The fraction of sp³-hybridized carbons (Fsp3) is 0.917. The van der Waals surface area contributed by atoms with Crippen LogP contribution in [0.4, 0.5) is 0 Å². The van der Waals surface area contributed by atoms with Gasteiger partial charge in [0.1, 0.15) is 0 Å². The van der Waals surface area contributed by atoms with Gasteiger partial charge in [-0.3, -0.25) is 4.79 Å². The minimum atomic E-state index is 0.284. The summed E-state index contributed by atoms with van der Waals surface area (Å²) >= 11 is 0. The summed E-state index contributed by atoms with van der Waals surface area (Å²) in [6, 6.07) is 0.374. The summed E-state index contributed by atoms with van der Waals surface area (Å²) in [5, 5.41) is 6.52. The highest BCUT2D eigenvalue weighted by Gasteiger charge is 2.30. The molecule has 86 valence electrons. The van der Waals surface area contributed by atoms with Crippen LogP contribution in [0.3, 0.4) is 0 Å². The van der Waals surface area contributed by atoms with E-state index in [1.807, 2.05) is 0 Å². The van der Waals surface area contributed by atoms with Crippen LogP contribution in [0.15, 0.2) is 0 Å². The van der Waals surface area contributed by atoms with Gasteiger partial charge in [0.15, 0.2) is 0 Å². The lowest BCUT2D eigenvalue weighted by Gasteiger charge is -2.26. The van der Waals surface area contributed by atoms with Crippen molar-refractivity contribution in [1.82, 2.24) is 10.6 Å². The first-order valence-electron chi connectivity index (χ1n) is 6.28. The van der Waals surface area contributed by atoms with Gasteiger partial charge in [-0.2, -0.15) is 0 Å². The van der Waals surface area contributed by atoms with Gasteiger partial charge < -0.3 is 10.6 Å². The van der Waals surface area contributed by atoms with Gasteiger partial charge in [0.2, 0.25) is 5.91 Å². The molecule has 0 bridgehead atoms. The molecule has 3 nitrogen and oxygen atoms in total. The molecular formula is C12H22N2O. The first-order valence-corrected chi connectivity index (χ1v) is 6.28. The van der Waals surface area contributed by atoms with Gasteiger partial charge in [0.25, 0.3) is 0 Å². The lowest BCUT2D eigenvalue weighted by Crippen LogP contribution is -2.47. The van der Waals surface area contributed by atoms with E-state index in [9.17, 15) is 4.79 Å². The minimum absolute atomic E-state index is 0.284. The van der Waals surface area contributed by atoms with Gasteiger partial charge >= 0.3 is 0 Å². The molecule has 15 heavy (non-hydrogen) atoms. The normalized spacial score (nSPS) is 36.5. The maximum Gasteiger partial charge on any atom is 0.223 e. The zero-order valence-corrected chi connectivity index (χ0v) is 9.59. The van der Waals surface area contributed by atoms with E-state index in [1.54, 1.807) is 0 Å². The number of hydrogen-bond acceptors (Lipinski definition) is 2. The lowest BCUT2D eigenvalue weighted by molar-refractivity contribution is -0.126. The Morgan fingerprint density at radius 2 is 2.13 bits per heavy atom. The third kappa shape index (κ3) is 2.71. The highest BCUT2D eigenvalue weighted by molar-refractivity contribution is 5.79. The third-order valence-corrected chi connectivity index (χ3v) is 3.84. The Bertz CT molecular complexity index is 224. The number of rotatable bonds is 2. The highest BCUT2D eigenvalue weighted by atomic mass is 16.2. The van der Waals surface area contributed by atoms with Crippen molar-refractivity contribution in [2.24, 2.45) is 11.8 Å². The Hall–Kier alpha value is -0.570. The smallest absolute Gasteiger partial charge is 0.223 e. The number of carbonyl (C=O) groups excluding carboxylic acids is 1. The van der Waals surface area contributed by atoms with E-state index in [1.165, 1.54) is 19.3 Å². The average Bonchev–Trinajstić information content (AvgIpc) is 2.66. The molecule has 1 heterocycles. The van der Waals surface area contributed by atoms with Crippen molar-refractivity contribution in [3.63, 3.8) is 0 Å². The van der Waals surface area contributed by atoms with Gasteiger partial charge in [-0.05, 0) is 38.1 Å². The second kappa shape index (κ2) is 4.97. The molecule has 1 aliphatic carbocycles. The van der Waals surface area contributed by atoms with Crippen molar-refractivity contribution in [3.8, 4) is 0 Å². The molecule has 1 saturated heterocycles. The SMILES string of the molecule is CC1CCCC1C(=O)N[C@H]1CCCNC1. The number of carbonyl (C=O) groups is 1. The average molecular weight is 210 g/mol. The Morgan fingerprint density at radius 3 is 2.73 bits per heavy atom. The molecule has 1 amide bonds. The maximum absolute atomic E-state index is 12.0. The summed E-state index contributed by atoms with van der Waals surface area (Å²) in [7, 11) is 0. The van der Waals surface area contributed by atoms with Crippen LogP contribution in [-0.2, 0) is 4.79 Å². The topological polar surface area (TPSA) is 41.1 Å². The first-order chi connectivity index (χ1) is 7.27. The molecule has 0 aromatic rings. The third-order valence-electron chi connectivity index (χ3n) is 3.84. The Kier molecular flexibility index (Phi) is 3.62. The van der Waals surface area contributed by atoms with Crippen LogP contribution < -0.4 is 10.6 Å². The number of piperidine rings is 1. The number of nitrogens with one attached hydrogen (secondary N) is 2. The van der Waals surface area contributed by atoms with Crippen molar-refractivity contribution in [2.45, 2.75) is 45.1 Å². The molecule has 1 saturated carbocycles. The van der Waals surface area contributed by atoms with E-state index in [0.29, 0.717) is 17.9 Å². The fourth-order valence-corrected chi connectivity index (χ4v) is 2.82. The second-order valence-corrected chi connectivity index (χ2v) is 5.07. The molecule has 2 rings (SSSR count). The molecule has 3 atom stereocenters. The van der Waals surface area contributed by atoms with Crippen LogP contribution in [0.1, 0.15) is 39.0 Å². The summed E-state index contributed by atoms with van der Waals surface area (Å²) in [6.45, 7) is 4.26. The maximum atomic E-state index is 12.0. The van der Waals surface area contributed by atoms with E-state index >= 15 is 0 Å². The molecule has 0 aromatic heterocycles. The molecule has 2 aliphatic rings. The van der Waals surface area contributed by atoms with Crippen LogP contribution in [0.2, 0.25) is 0 Å². The van der Waals surface area contributed by atoms with Crippen molar-refractivity contribution in [1.29, 1.82) is 0 Å². The largest absolute Gasteiger partial charge is 0.352 e. The standard InChI is InChI=1S/C12H22N2O/c1-9-4-2-6-11(9)12(15)14-10-5-3-7-13-8-10/h9-11,13H,2-8H2,1H3,(H,14,15)/t9?,10-,11?/m0/s1. The van der Waals surface area contributed by atoms with Gasteiger partial charge in [-0.25, -0.2) is 0 Å². The Balaban J connectivity index is 1.80. The fourth-order valence-electron chi connectivity index (χ4n) is 2.82. The van der Waals surface area contributed by atoms with E-state index in [0.717, 1.165) is 25.9 Å². The van der Waals surface area contributed by atoms with Gasteiger partial charge in [0.05, 0.1) is 0 Å². The van der Waals surface area contributed by atoms with Crippen molar-refractivity contribution in [3.05, 3.63) is 0 Å². The zero-order chi connectivity index (χ0) is 10.7. The van der Waals surface area contributed by atoms with E-state index in [-0.39, 0.29) is 5.92 Å². The predicted molar refractivity (Wildman–Crippen MR) is 60.5 cm³/mol. The first kappa shape index (κ1) is 10.9. The second-order valence-electron chi connectivity index (χ2n) is 5.07. The Morgan fingerprint density at radius 1 is 1.27 bits per heavy atom. The highest BCUT2D eigenvalue weighted by Crippen LogP contribution is 2.31. The molecule has 0 spiro atoms. The number of amides is 1. The summed E-state index contributed by atoms with van der Waals surface area (Å²) in [4.78, 5) is 12.0. The van der Waals surface area contributed by atoms with Crippen LogP contribution in [0.5, 0.6) is 0 Å². The van der Waals surface area contributed by atoms with E-state index in [4.69, 9.17) is 0 Å². The molecule has 0 radical (unpaired) electrons. The molecule has 2 N–H and O–H groups in total. The van der Waals surface area contributed by atoms with E-state index < -0.39 is 0 Å². The van der Waals surface area contributed by atoms with Crippen LogP contribution in [0.25, 0.3) is 0 Å².